The molecule has 0 radical (unpaired) electrons. The van der Waals surface area contributed by atoms with Crippen molar-refractivity contribution in [1.82, 2.24) is 10.2 Å². The number of hydrogen-bond acceptors (Lipinski definition) is 3. The lowest BCUT2D eigenvalue weighted by molar-refractivity contribution is 0.0908. The smallest absolute Gasteiger partial charge is 0.256 e. The predicted molar refractivity (Wildman–Crippen MR) is 120 cm³/mol. The summed E-state index contributed by atoms with van der Waals surface area (Å²) in [6.45, 7) is 7.57. The van der Waals surface area contributed by atoms with E-state index in [9.17, 15) is 9.59 Å². The normalized spacial score (nSPS) is 15.3. The van der Waals surface area contributed by atoms with Crippen LogP contribution in [0.3, 0.4) is 0 Å². The van der Waals surface area contributed by atoms with E-state index in [1.54, 1.807) is 18.2 Å². The summed E-state index contributed by atoms with van der Waals surface area (Å²) in [7, 11) is 0. The molecule has 1 aliphatic heterocycles. The van der Waals surface area contributed by atoms with E-state index in [2.05, 4.69) is 45.3 Å². The van der Waals surface area contributed by atoms with E-state index in [1.807, 2.05) is 30.3 Å². The number of nitrogens with zero attached hydrogens (tertiary/aromatic N) is 1. The first-order chi connectivity index (χ1) is 13.9. The molecule has 0 aromatic heterocycles. The van der Waals surface area contributed by atoms with Gasteiger partial charge in [0.05, 0.1) is 16.8 Å². The molecule has 0 spiro atoms. The van der Waals surface area contributed by atoms with Crippen LogP contribution in [0.2, 0.25) is 0 Å². The lowest BCUT2D eigenvalue weighted by Gasteiger charge is -2.33. The fraction of sp³-hybridized carbons (Fsp3) is 0.391. The summed E-state index contributed by atoms with van der Waals surface area (Å²) in [6.07, 6.45) is 1.90. The van der Waals surface area contributed by atoms with E-state index in [0.717, 1.165) is 32.5 Å². The molecule has 2 aromatic carbocycles. The van der Waals surface area contributed by atoms with Crippen molar-refractivity contribution >= 4 is 33.4 Å². The maximum Gasteiger partial charge on any atom is 0.256 e. The van der Waals surface area contributed by atoms with Crippen LogP contribution in [0.25, 0.3) is 0 Å². The minimum atomic E-state index is -0.250. The summed E-state index contributed by atoms with van der Waals surface area (Å²) in [5, 5.41) is 6.02. The molecule has 0 atom stereocenters. The molecule has 1 heterocycles. The van der Waals surface area contributed by atoms with Gasteiger partial charge in [-0.2, -0.15) is 0 Å². The van der Waals surface area contributed by atoms with Crippen LogP contribution in [0.1, 0.15) is 47.4 Å². The number of anilines is 1. The van der Waals surface area contributed by atoms with Crippen molar-refractivity contribution in [2.45, 2.75) is 32.7 Å². The Morgan fingerprint density at radius 3 is 2.28 bits per heavy atom. The van der Waals surface area contributed by atoms with E-state index in [1.165, 1.54) is 0 Å². The van der Waals surface area contributed by atoms with Gasteiger partial charge in [0.15, 0.2) is 0 Å². The molecule has 29 heavy (non-hydrogen) atoms. The minimum Gasteiger partial charge on any atom is -0.349 e. The second kappa shape index (κ2) is 10.0. The van der Waals surface area contributed by atoms with Gasteiger partial charge in [-0.1, -0.05) is 38.1 Å². The van der Waals surface area contributed by atoms with Gasteiger partial charge in [-0.15, -0.1) is 0 Å². The highest BCUT2D eigenvalue weighted by Gasteiger charge is 2.23. The van der Waals surface area contributed by atoms with Gasteiger partial charge in [-0.25, -0.2) is 0 Å². The summed E-state index contributed by atoms with van der Waals surface area (Å²) in [4.78, 5) is 28.0. The van der Waals surface area contributed by atoms with Gasteiger partial charge in [0.2, 0.25) is 0 Å². The molecular formula is C23H28BrN3O2. The van der Waals surface area contributed by atoms with Crippen LogP contribution in [0, 0.1) is 5.92 Å². The molecular weight excluding hydrogens is 430 g/mol. The van der Waals surface area contributed by atoms with Crippen LogP contribution < -0.4 is 10.6 Å². The third-order valence-electron chi connectivity index (χ3n) is 5.08. The molecule has 2 N–H and O–H groups in total. The van der Waals surface area contributed by atoms with Crippen molar-refractivity contribution in [3.05, 3.63) is 64.1 Å². The van der Waals surface area contributed by atoms with Crippen LogP contribution in [-0.4, -0.2) is 42.4 Å². The lowest BCUT2D eigenvalue weighted by Crippen LogP contribution is -2.45. The van der Waals surface area contributed by atoms with Crippen LogP contribution in [0.4, 0.5) is 5.69 Å². The Bertz CT molecular complexity index is 861. The van der Waals surface area contributed by atoms with Crippen molar-refractivity contribution in [2.75, 3.05) is 25.0 Å². The van der Waals surface area contributed by atoms with Gasteiger partial charge >= 0.3 is 0 Å². The number of amides is 2. The number of likely N-dealkylation sites (tertiary alicyclic amines) is 1. The van der Waals surface area contributed by atoms with Crippen molar-refractivity contribution in [3.8, 4) is 0 Å². The lowest BCUT2D eigenvalue weighted by atomic mass is 10.0. The summed E-state index contributed by atoms with van der Waals surface area (Å²) in [6, 6.07) is 14.5. The molecule has 0 bridgehead atoms. The first kappa shape index (κ1) is 21.5. The van der Waals surface area contributed by atoms with Gasteiger partial charge in [-0.05, 0) is 59.0 Å². The zero-order valence-corrected chi connectivity index (χ0v) is 18.5. The molecule has 2 aromatic rings. The summed E-state index contributed by atoms with van der Waals surface area (Å²) < 4.78 is 0.715. The first-order valence-corrected chi connectivity index (χ1v) is 10.9. The van der Waals surface area contributed by atoms with E-state index in [0.29, 0.717) is 27.2 Å². The Morgan fingerprint density at radius 1 is 1.00 bits per heavy atom. The number of halogens is 1. The molecule has 1 fully saturated rings. The average Bonchev–Trinajstić information content (AvgIpc) is 2.69. The monoisotopic (exact) mass is 457 g/mol. The van der Waals surface area contributed by atoms with E-state index in [4.69, 9.17) is 0 Å². The number of carbonyl (C=O) groups excluding carboxylic acids is 2. The number of para-hydroxylation sites is 1. The van der Waals surface area contributed by atoms with Crippen LogP contribution >= 0.6 is 15.9 Å². The zero-order chi connectivity index (χ0) is 20.8. The Hall–Kier alpha value is -2.18. The number of hydrogen-bond donors (Lipinski definition) is 2. The number of rotatable bonds is 6. The molecule has 0 saturated carbocycles. The quantitative estimate of drug-likeness (QED) is 0.668. The molecule has 5 nitrogen and oxygen atoms in total. The average molecular weight is 458 g/mol. The van der Waals surface area contributed by atoms with Crippen LogP contribution in [-0.2, 0) is 0 Å². The standard InChI is InChI=1S/C23H28BrN3O2/c1-16(2)15-27-13-11-17(12-14-27)25-23(29)19-8-4-6-10-21(19)26-22(28)18-7-3-5-9-20(18)24/h3-10,16-17H,11-15H2,1-2H3,(H,25,29)(H,26,28). The maximum absolute atomic E-state index is 12.9. The van der Waals surface area contributed by atoms with Crippen LogP contribution in [0.5, 0.6) is 0 Å². The molecule has 0 unspecified atom stereocenters. The molecule has 2 amide bonds. The Labute approximate surface area is 181 Å². The Balaban J connectivity index is 1.64. The van der Waals surface area contributed by atoms with E-state index in [-0.39, 0.29) is 17.9 Å². The Morgan fingerprint density at radius 2 is 1.62 bits per heavy atom. The molecule has 154 valence electrons. The number of piperidine rings is 1. The highest BCUT2D eigenvalue weighted by Crippen LogP contribution is 2.21. The first-order valence-electron chi connectivity index (χ1n) is 10.1. The minimum absolute atomic E-state index is 0.143. The predicted octanol–water partition coefficient (Wildman–Crippen LogP) is 4.55. The second-order valence-electron chi connectivity index (χ2n) is 7.92. The topological polar surface area (TPSA) is 61.4 Å². The molecule has 0 aliphatic carbocycles. The van der Waals surface area contributed by atoms with Crippen LogP contribution in [0.15, 0.2) is 53.0 Å². The van der Waals surface area contributed by atoms with E-state index >= 15 is 0 Å². The number of carbonyl (C=O) groups is 2. The second-order valence-corrected chi connectivity index (χ2v) is 8.78. The molecule has 3 rings (SSSR count). The van der Waals surface area contributed by atoms with Gasteiger partial charge in [0.1, 0.15) is 0 Å². The molecule has 1 saturated heterocycles. The van der Waals surface area contributed by atoms with Gasteiger partial charge < -0.3 is 15.5 Å². The Kier molecular flexibility index (Phi) is 7.45. The van der Waals surface area contributed by atoms with E-state index < -0.39 is 0 Å². The molecule has 1 aliphatic rings. The molecule has 6 heteroatoms. The maximum atomic E-state index is 12.9. The summed E-state index contributed by atoms with van der Waals surface area (Å²) in [5.74, 6) is 0.260. The van der Waals surface area contributed by atoms with Crippen molar-refractivity contribution < 1.29 is 9.59 Å². The van der Waals surface area contributed by atoms with Crippen molar-refractivity contribution in [1.29, 1.82) is 0 Å². The fourth-order valence-electron chi connectivity index (χ4n) is 3.66. The van der Waals surface area contributed by atoms with Gasteiger partial charge in [0, 0.05) is 30.1 Å². The fourth-order valence-corrected chi connectivity index (χ4v) is 4.13. The summed E-state index contributed by atoms with van der Waals surface area (Å²) >= 11 is 3.40. The van der Waals surface area contributed by atoms with Gasteiger partial charge in [0.25, 0.3) is 11.8 Å². The largest absolute Gasteiger partial charge is 0.349 e. The highest BCUT2D eigenvalue weighted by molar-refractivity contribution is 9.10. The zero-order valence-electron chi connectivity index (χ0n) is 17.0. The number of benzene rings is 2. The number of nitrogens with one attached hydrogen (secondary N) is 2. The van der Waals surface area contributed by atoms with Gasteiger partial charge in [-0.3, -0.25) is 9.59 Å². The van der Waals surface area contributed by atoms with Crippen molar-refractivity contribution in [2.24, 2.45) is 5.92 Å². The highest BCUT2D eigenvalue weighted by atomic mass is 79.9. The van der Waals surface area contributed by atoms with Crippen molar-refractivity contribution in [3.63, 3.8) is 0 Å². The third-order valence-corrected chi connectivity index (χ3v) is 5.78. The summed E-state index contributed by atoms with van der Waals surface area (Å²) in [5.41, 5.74) is 1.53. The third kappa shape index (κ3) is 5.90. The SMILES string of the molecule is CC(C)CN1CCC(NC(=O)c2ccccc2NC(=O)c2ccccc2Br)CC1.